The van der Waals surface area contributed by atoms with Crippen molar-refractivity contribution in [3.05, 3.63) is 33.1 Å². The molecule has 0 atom stereocenters. The molecule has 3 heterocycles. The molecule has 0 bridgehead atoms. The number of alkyl halides is 3. The lowest BCUT2D eigenvalue weighted by Gasteiger charge is -2.11. The number of aromatic nitrogens is 3. The Kier molecular flexibility index (Phi) is 4.48. The zero-order valence-electron chi connectivity index (χ0n) is 14.1. The molecule has 3 aromatic heterocycles. The van der Waals surface area contributed by atoms with Crippen molar-refractivity contribution in [2.45, 2.75) is 24.9 Å². The maximum absolute atomic E-state index is 13.2. The van der Waals surface area contributed by atoms with Crippen LogP contribution in [-0.4, -0.2) is 19.9 Å². The molecular formula is C16H16F3N3OS2. The maximum atomic E-state index is 13.2. The van der Waals surface area contributed by atoms with Crippen LogP contribution in [0.4, 0.5) is 13.2 Å². The minimum atomic E-state index is -4.61. The van der Waals surface area contributed by atoms with Gasteiger partial charge in [0.1, 0.15) is 11.2 Å². The molecule has 0 spiro atoms. The number of imidazole rings is 1. The van der Waals surface area contributed by atoms with Crippen molar-refractivity contribution in [1.82, 2.24) is 14.1 Å². The molecule has 0 fully saturated rings. The van der Waals surface area contributed by atoms with Crippen LogP contribution in [0.15, 0.2) is 21.8 Å². The molecule has 134 valence electrons. The van der Waals surface area contributed by atoms with E-state index in [-0.39, 0.29) is 11.0 Å². The summed E-state index contributed by atoms with van der Waals surface area (Å²) >= 11 is 3.17. The Bertz CT molecular complexity index is 1010. The molecule has 0 aromatic carbocycles. The molecule has 3 rings (SSSR count). The molecule has 0 aliphatic heterocycles. The molecule has 0 saturated heterocycles. The first-order chi connectivity index (χ1) is 11.6. The highest BCUT2D eigenvalue weighted by atomic mass is 32.2. The van der Waals surface area contributed by atoms with Crippen LogP contribution in [0.5, 0.6) is 0 Å². The van der Waals surface area contributed by atoms with Gasteiger partial charge in [-0.25, -0.2) is 4.98 Å². The van der Waals surface area contributed by atoms with Crippen molar-refractivity contribution in [3.8, 4) is 10.7 Å². The van der Waals surface area contributed by atoms with Crippen molar-refractivity contribution in [1.29, 1.82) is 0 Å². The van der Waals surface area contributed by atoms with Gasteiger partial charge >= 0.3 is 6.18 Å². The predicted molar refractivity (Wildman–Crippen MR) is 95.4 cm³/mol. The van der Waals surface area contributed by atoms with Crippen LogP contribution in [0.25, 0.3) is 21.7 Å². The fraction of sp³-hybridized carbons (Fsp3) is 0.375. The highest BCUT2D eigenvalue weighted by Crippen LogP contribution is 2.39. The van der Waals surface area contributed by atoms with Crippen LogP contribution in [0.2, 0.25) is 0 Å². The van der Waals surface area contributed by atoms with Crippen molar-refractivity contribution in [2.75, 3.05) is 5.75 Å². The highest BCUT2D eigenvalue weighted by molar-refractivity contribution is 7.99. The molecule has 0 N–H and O–H groups in total. The van der Waals surface area contributed by atoms with Crippen LogP contribution in [0.1, 0.15) is 17.5 Å². The maximum Gasteiger partial charge on any atom is 0.431 e. The lowest BCUT2D eigenvalue weighted by Crippen LogP contribution is -2.26. The third kappa shape index (κ3) is 2.99. The molecule has 0 radical (unpaired) electrons. The molecule has 25 heavy (non-hydrogen) atoms. The third-order valence-corrected chi connectivity index (χ3v) is 5.98. The van der Waals surface area contributed by atoms with Gasteiger partial charge in [-0.15, -0.1) is 23.1 Å². The average molecular weight is 387 g/mol. The summed E-state index contributed by atoms with van der Waals surface area (Å²) in [5.74, 6) is 1.38. The summed E-state index contributed by atoms with van der Waals surface area (Å²) in [5.41, 5.74) is -1.47. The Balaban J connectivity index is 2.32. The van der Waals surface area contributed by atoms with Gasteiger partial charge in [0.2, 0.25) is 0 Å². The van der Waals surface area contributed by atoms with Crippen molar-refractivity contribution < 1.29 is 13.2 Å². The summed E-state index contributed by atoms with van der Waals surface area (Å²) in [6.45, 7) is 4.00. The fourth-order valence-electron chi connectivity index (χ4n) is 2.75. The molecule has 0 amide bonds. The Morgan fingerprint density at radius 3 is 2.52 bits per heavy atom. The lowest BCUT2D eigenvalue weighted by molar-refractivity contribution is -0.143. The molecular weight excluding hydrogens is 371 g/mol. The number of fused-ring (bicyclic) bond motifs is 1. The van der Waals surface area contributed by atoms with Crippen LogP contribution in [0, 0.1) is 6.92 Å². The number of thioether (sulfide) groups is 1. The van der Waals surface area contributed by atoms with Crippen molar-refractivity contribution >= 4 is 34.1 Å². The number of hydrogen-bond donors (Lipinski definition) is 0. The van der Waals surface area contributed by atoms with Crippen LogP contribution in [0.3, 0.4) is 0 Å². The molecule has 4 nitrogen and oxygen atoms in total. The highest BCUT2D eigenvalue weighted by Gasteiger charge is 2.35. The first-order valence-electron chi connectivity index (χ1n) is 7.52. The second-order valence-corrected chi connectivity index (χ2v) is 8.17. The Morgan fingerprint density at radius 1 is 1.24 bits per heavy atom. The second kappa shape index (κ2) is 6.21. The SMILES string of the molecule is CCSc1cc(C)sc1-c1nc2cc(C(F)(F)F)n(C)c(=O)c2n1C. The van der Waals surface area contributed by atoms with Crippen LogP contribution >= 0.6 is 23.1 Å². The normalized spacial score (nSPS) is 12.3. The lowest BCUT2D eigenvalue weighted by atomic mass is 10.3. The first kappa shape index (κ1) is 18.1. The Morgan fingerprint density at radius 2 is 1.92 bits per heavy atom. The summed E-state index contributed by atoms with van der Waals surface area (Å²) < 4.78 is 41.7. The van der Waals surface area contributed by atoms with E-state index in [1.165, 1.54) is 11.3 Å². The van der Waals surface area contributed by atoms with Gasteiger partial charge in [0.05, 0.1) is 10.4 Å². The zero-order valence-corrected chi connectivity index (χ0v) is 15.7. The number of aryl methyl sites for hydroxylation is 2. The van der Waals surface area contributed by atoms with E-state index in [4.69, 9.17) is 0 Å². The standard InChI is InChI=1S/C16H16F3N3OS2/c1-5-24-10-6-8(2)25-13(10)14-20-9-7-11(16(17,18)19)21(3)15(23)12(9)22(14)4/h6-7H,5H2,1-4H3. The molecule has 0 aliphatic carbocycles. The summed E-state index contributed by atoms with van der Waals surface area (Å²) in [6, 6.07) is 2.97. The molecule has 3 aromatic rings. The quantitative estimate of drug-likeness (QED) is 0.624. The van der Waals surface area contributed by atoms with Crippen molar-refractivity contribution in [3.63, 3.8) is 0 Å². The number of rotatable bonds is 3. The van der Waals surface area contributed by atoms with E-state index in [0.717, 1.165) is 33.5 Å². The van der Waals surface area contributed by atoms with E-state index in [2.05, 4.69) is 4.98 Å². The minimum absolute atomic E-state index is 0.0615. The largest absolute Gasteiger partial charge is 0.431 e. The smallest absolute Gasteiger partial charge is 0.322 e. The van der Waals surface area contributed by atoms with Gasteiger partial charge in [0, 0.05) is 23.9 Å². The van der Waals surface area contributed by atoms with Gasteiger partial charge in [-0.2, -0.15) is 13.2 Å². The van der Waals surface area contributed by atoms with Gasteiger partial charge in [-0.1, -0.05) is 6.92 Å². The first-order valence-corrected chi connectivity index (χ1v) is 9.32. The number of nitrogens with zero attached hydrogens (tertiary/aromatic N) is 3. The number of thiophene rings is 1. The molecule has 9 heteroatoms. The summed E-state index contributed by atoms with van der Waals surface area (Å²) in [6.07, 6.45) is -4.61. The van der Waals surface area contributed by atoms with Gasteiger partial charge in [-0.3, -0.25) is 4.79 Å². The van der Waals surface area contributed by atoms with E-state index >= 15 is 0 Å². The zero-order chi connectivity index (χ0) is 18.5. The fourth-order valence-corrected chi connectivity index (χ4v) is 4.85. The van der Waals surface area contributed by atoms with E-state index in [0.29, 0.717) is 10.4 Å². The third-order valence-electron chi connectivity index (χ3n) is 3.88. The van der Waals surface area contributed by atoms with Crippen LogP contribution in [-0.2, 0) is 20.3 Å². The van der Waals surface area contributed by atoms with Crippen molar-refractivity contribution in [2.24, 2.45) is 14.1 Å². The van der Waals surface area contributed by atoms with E-state index in [1.807, 2.05) is 19.9 Å². The van der Waals surface area contributed by atoms with E-state index in [9.17, 15) is 18.0 Å². The van der Waals surface area contributed by atoms with E-state index < -0.39 is 17.4 Å². The summed E-state index contributed by atoms with van der Waals surface area (Å²) in [4.78, 5) is 19.8. The number of pyridine rings is 1. The summed E-state index contributed by atoms with van der Waals surface area (Å²) in [5, 5.41) is 0. The average Bonchev–Trinajstić information content (AvgIpc) is 3.02. The van der Waals surface area contributed by atoms with Gasteiger partial charge < -0.3 is 9.13 Å². The van der Waals surface area contributed by atoms with E-state index in [1.54, 1.807) is 23.4 Å². The molecule has 0 unspecified atom stereocenters. The number of hydrogen-bond acceptors (Lipinski definition) is 4. The van der Waals surface area contributed by atoms with Gasteiger partial charge in [-0.05, 0) is 24.8 Å². The summed E-state index contributed by atoms with van der Waals surface area (Å²) in [7, 11) is 2.79. The van der Waals surface area contributed by atoms with Gasteiger partial charge in [0.25, 0.3) is 5.56 Å². The van der Waals surface area contributed by atoms with Crippen LogP contribution < -0.4 is 5.56 Å². The number of halogens is 3. The minimum Gasteiger partial charge on any atom is -0.322 e. The molecule has 0 aliphatic rings. The molecule has 0 saturated carbocycles. The van der Waals surface area contributed by atoms with Gasteiger partial charge in [0.15, 0.2) is 5.82 Å². The Hall–Kier alpha value is -1.74. The monoisotopic (exact) mass is 387 g/mol. The second-order valence-electron chi connectivity index (χ2n) is 5.60. The predicted octanol–water partition coefficient (Wildman–Crippen LogP) is 4.44. The topological polar surface area (TPSA) is 39.8 Å². The Labute approximate surface area is 150 Å².